The molecule has 0 unspecified atom stereocenters. The zero-order valence-electron chi connectivity index (χ0n) is 11.5. The molecule has 104 valence electrons. The number of nitrogens with one attached hydrogen (secondary N) is 1. The maximum atomic E-state index is 12.1. The van der Waals surface area contributed by atoms with Crippen LogP contribution in [0, 0.1) is 0 Å². The number of nitrogens with zero attached hydrogens (tertiary/aromatic N) is 1. The van der Waals surface area contributed by atoms with Gasteiger partial charge in [0.15, 0.2) is 0 Å². The Hall–Kier alpha value is -2.10. The number of carbonyl (C=O) groups is 2. The molecule has 2 aliphatic rings. The fourth-order valence-corrected chi connectivity index (χ4v) is 2.60. The number of benzene rings is 1. The van der Waals surface area contributed by atoms with Crippen LogP contribution in [0.15, 0.2) is 30.5 Å². The van der Waals surface area contributed by atoms with Gasteiger partial charge in [-0.05, 0) is 30.0 Å². The van der Waals surface area contributed by atoms with E-state index in [4.69, 9.17) is 0 Å². The fourth-order valence-electron chi connectivity index (χ4n) is 2.60. The number of hydrogen-bond acceptors (Lipinski definition) is 2. The molecule has 1 N–H and O–H groups in total. The molecule has 20 heavy (non-hydrogen) atoms. The third kappa shape index (κ3) is 2.59. The van der Waals surface area contributed by atoms with E-state index in [1.54, 1.807) is 11.1 Å². The Morgan fingerprint density at radius 2 is 2.05 bits per heavy atom. The smallest absolute Gasteiger partial charge is 0.223 e. The predicted octanol–water partition coefficient (Wildman–Crippen LogP) is 2.23. The van der Waals surface area contributed by atoms with Crippen LogP contribution >= 0.6 is 0 Å². The Labute approximate surface area is 118 Å². The molecule has 1 atom stereocenters. The molecule has 0 saturated heterocycles. The molecule has 0 aromatic heterocycles. The highest BCUT2D eigenvalue weighted by atomic mass is 16.2. The van der Waals surface area contributed by atoms with E-state index in [1.807, 2.05) is 30.3 Å². The lowest BCUT2D eigenvalue weighted by Crippen LogP contribution is -2.35. The summed E-state index contributed by atoms with van der Waals surface area (Å²) >= 11 is 0. The van der Waals surface area contributed by atoms with Gasteiger partial charge >= 0.3 is 0 Å². The van der Waals surface area contributed by atoms with Crippen molar-refractivity contribution >= 4 is 17.9 Å². The van der Waals surface area contributed by atoms with E-state index in [9.17, 15) is 9.59 Å². The van der Waals surface area contributed by atoms with E-state index in [0.717, 1.165) is 24.0 Å². The third-order valence-electron chi connectivity index (χ3n) is 3.79. The number of hydrogen-bond donors (Lipinski definition) is 1. The van der Waals surface area contributed by atoms with Crippen LogP contribution in [0.2, 0.25) is 0 Å². The lowest BCUT2D eigenvalue weighted by atomic mass is 9.93. The van der Waals surface area contributed by atoms with Crippen LogP contribution in [0.3, 0.4) is 0 Å². The standard InChI is InChI=1S/C16H18N2O2/c1-11(19)18-9-8-12-4-2-3-5-14(12)15(18)10-16(20)17-13-6-7-13/h2-5,8-9,13,15H,6-7,10H2,1H3,(H,17,20)/t15-/m1/s1. The summed E-state index contributed by atoms with van der Waals surface area (Å²) in [7, 11) is 0. The molecule has 1 aliphatic heterocycles. The number of carbonyl (C=O) groups excluding carboxylic acids is 2. The van der Waals surface area contributed by atoms with Crippen molar-refractivity contribution < 1.29 is 9.59 Å². The van der Waals surface area contributed by atoms with Crippen LogP contribution in [-0.2, 0) is 9.59 Å². The van der Waals surface area contributed by atoms with Crippen molar-refractivity contribution in [3.8, 4) is 0 Å². The van der Waals surface area contributed by atoms with E-state index in [0.29, 0.717) is 12.5 Å². The Bertz CT molecular complexity index is 576. The molecule has 0 spiro atoms. The maximum Gasteiger partial charge on any atom is 0.223 e. The summed E-state index contributed by atoms with van der Waals surface area (Å²) in [6.45, 7) is 1.53. The van der Waals surface area contributed by atoms with Crippen molar-refractivity contribution in [1.29, 1.82) is 0 Å². The molecule has 4 heteroatoms. The number of amides is 2. The molecule has 4 nitrogen and oxygen atoms in total. The molecular weight excluding hydrogens is 252 g/mol. The zero-order valence-corrected chi connectivity index (χ0v) is 11.5. The fraction of sp³-hybridized carbons (Fsp3) is 0.375. The lowest BCUT2D eigenvalue weighted by molar-refractivity contribution is -0.130. The molecule has 0 radical (unpaired) electrons. The Morgan fingerprint density at radius 1 is 1.30 bits per heavy atom. The van der Waals surface area contributed by atoms with Gasteiger partial charge in [0.1, 0.15) is 0 Å². The van der Waals surface area contributed by atoms with Gasteiger partial charge < -0.3 is 10.2 Å². The van der Waals surface area contributed by atoms with E-state index in [1.165, 1.54) is 6.92 Å². The molecule has 1 heterocycles. The average Bonchev–Trinajstić information content (AvgIpc) is 3.22. The summed E-state index contributed by atoms with van der Waals surface area (Å²) in [4.78, 5) is 25.5. The Morgan fingerprint density at radius 3 is 2.75 bits per heavy atom. The predicted molar refractivity (Wildman–Crippen MR) is 76.5 cm³/mol. The van der Waals surface area contributed by atoms with Crippen molar-refractivity contribution in [2.45, 2.75) is 38.3 Å². The highest BCUT2D eigenvalue weighted by Crippen LogP contribution is 2.33. The minimum absolute atomic E-state index is 0.0221. The monoisotopic (exact) mass is 270 g/mol. The lowest BCUT2D eigenvalue weighted by Gasteiger charge is -2.32. The van der Waals surface area contributed by atoms with Crippen LogP contribution in [0.5, 0.6) is 0 Å². The zero-order chi connectivity index (χ0) is 14.1. The molecule has 1 fully saturated rings. The van der Waals surface area contributed by atoms with Gasteiger partial charge in [-0.1, -0.05) is 24.3 Å². The van der Waals surface area contributed by atoms with Gasteiger partial charge in [-0.15, -0.1) is 0 Å². The normalized spacial score (nSPS) is 20.4. The van der Waals surface area contributed by atoms with E-state index in [-0.39, 0.29) is 17.9 Å². The quantitative estimate of drug-likeness (QED) is 0.915. The van der Waals surface area contributed by atoms with Gasteiger partial charge in [0.25, 0.3) is 0 Å². The SMILES string of the molecule is CC(=O)N1C=Cc2ccccc2[C@H]1CC(=O)NC1CC1. The topological polar surface area (TPSA) is 49.4 Å². The molecule has 0 bridgehead atoms. The van der Waals surface area contributed by atoms with Gasteiger partial charge in [0.2, 0.25) is 11.8 Å². The first-order valence-corrected chi connectivity index (χ1v) is 7.00. The summed E-state index contributed by atoms with van der Waals surface area (Å²) < 4.78 is 0. The van der Waals surface area contributed by atoms with E-state index in [2.05, 4.69) is 5.32 Å². The minimum Gasteiger partial charge on any atom is -0.353 e. The van der Waals surface area contributed by atoms with Crippen LogP contribution in [0.25, 0.3) is 6.08 Å². The summed E-state index contributed by atoms with van der Waals surface area (Å²) in [6, 6.07) is 8.06. The third-order valence-corrected chi connectivity index (χ3v) is 3.79. The minimum atomic E-state index is -0.201. The number of fused-ring (bicyclic) bond motifs is 1. The second-order valence-corrected chi connectivity index (χ2v) is 5.43. The van der Waals surface area contributed by atoms with Gasteiger partial charge in [0.05, 0.1) is 12.5 Å². The van der Waals surface area contributed by atoms with E-state index >= 15 is 0 Å². The van der Waals surface area contributed by atoms with Crippen LogP contribution in [0.4, 0.5) is 0 Å². The Balaban J connectivity index is 1.84. The molecular formula is C16H18N2O2. The first-order chi connectivity index (χ1) is 9.65. The number of rotatable bonds is 3. The van der Waals surface area contributed by atoms with Gasteiger partial charge in [-0.2, -0.15) is 0 Å². The summed E-state index contributed by atoms with van der Waals surface area (Å²) in [5.41, 5.74) is 2.12. The second-order valence-electron chi connectivity index (χ2n) is 5.43. The van der Waals surface area contributed by atoms with Crippen molar-refractivity contribution in [3.05, 3.63) is 41.6 Å². The van der Waals surface area contributed by atoms with Crippen LogP contribution in [-0.4, -0.2) is 22.8 Å². The van der Waals surface area contributed by atoms with E-state index < -0.39 is 0 Å². The summed E-state index contributed by atoms with van der Waals surface area (Å²) in [6.07, 6.45) is 6.16. The van der Waals surface area contributed by atoms with Crippen LogP contribution in [0.1, 0.15) is 43.4 Å². The maximum absolute atomic E-state index is 12.1. The van der Waals surface area contributed by atoms with Crippen molar-refractivity contribution in [2.75, 3.05) is 0 Å². The largest absolute Gasteiger partial charge is 0.353 e. The second kappa shape index (κ2) is 5.12. The summed E-state index contributed by atoms with van der Waals surface area (Å²) in [5, 5.41) is 2.99. The average molecular weight is 270 g/mol. The van der Waals surface area contributed by atoms with Crippen molar-refractivity contribution in [1.82, 2.24) is 10.2 Å². The molecule has 1 aliphatic carbocycles. The van der Waals surface area contributed by atoms with Gasteiger partial charge in [-0.25, -0.2) is 0 Å². The highest BCUT2D eigenvalue weighted by Gasteiger charge is 2.30. The van der Waals surface area contributed by atoms with Crippen LogP contribution < -0.4 is 5.32 Å². The van der Waals surface area contributed by atoms with Crippen molar-refractivity contribution in [3.63, 3.8) is 0 Å². The molecule has 1 aromatic rings. The molecule has 1 saturated carbocycles. The first-order valence-electron chi connectivity index (χ1n) is 7.00. The summed E-state index contributed by atoms with van der Waals surface area (Å²) in [5.74, 6) is -0.0196. The highest BCUT2D eigenvalue weighted by molar-refractivity contribution is 5.82. The van der Waals surface area contributed by atoms with Gasteiger partial charge in [-0.3, -0.25) is 9.59 Å². The molecule has 1 aromatic carbocycles. The van der Waals surface area contributed by atoms with Crippen molar-refractivity contribution in [2.24, 2.45) is 0 Å². The molecule has 2 amide bonds. The molecule has 3 rings (SSSR count). The van der Waals surface area contributed by atoms with Gasteiger partial charge in [0, 0.05) is 19.2 Å². The Kier molecular flexibility index (Phi) is 3.30. The first kappa shape index (κ1) is 12.9.